The molecule has 150 valence electrons. The number of halogens is 2. The second-order valence-corrected chi connectivity index (χ2v) is 8.80. The molecule has 1 atom stereocenters. The number of benzene rings is 1. The molecule has 1 aliphatic rings. The van der Waals surface area contributed by atoms with Crippen molar-refractivity contribution in [1.29, 1.82) is 0 Å². The fourth-order valence-corrected chi connectivity index (χ4v) is 4.86. The first-order valence-corrected chi connectivity index (χ1v) is 10.8. The van der Waals surface area contributed by atoms with Crippen molar-refractivity contribution in [3.05, 3.63) is 28.2 Å². The van der Waals surface area contributed by atoms with Gasteiger partial charge in [-0.15, -0.1) is 0 Å². The van der Waals surface area contributed by atoms with E-state index in [1.807, 2.05) is 0 Å². The van der Waals surface area contributed by atoms with Gasteiger partial charge in [-0.2, -0.15) is 4.72 Å². The standard InChI is InChI=1S/C17H22Cl2N2O5S/c1-3-26-17(23)12-6-8-21(9-7-12)16(22)11(2)20-27(24,25)15-10-13(18)4-5-14(15)19/h4-5,10-12,20H,3,6-9H2,1-2H3/t11-/m1/s1. The van der Waals surface area contributed by atoms with Crippen LogP contribution in [0.3, 0.4) is 0 Å². The van der Waals surface area contributed by atoms with Crippen LogP contribution in [0.5, 0.6) is 0 Å². The van der Waals surface area contributed by atoms with E-state index in [2.05, 4.69) is 4.72 Å². The molecule has 2 rings (SSSR count). The lowest BCUT2D eigenvalue weighted by Crippen LogP contribution is -2.49. The van der Waals surface area contributed by atoms with Gasteiger partial charge in [0.2, 0.25) is 15.9 Å². The summed E-state index contributed by atoms with van der Waals surface area (Å²) in [7, 11) is -4.02. The van der Waals surface area contributed by atoms with Crippen molar-refractivity contribution < 1.29 is 22.7 Å². The lowest BCUT2D eigenvalue weighted by Gasteiger charge is -2.32. The highest BCUT2D eigenvalue weighted by molar-refractivity contribution is 7.89. The molecule has 1 fully saturated rings. The van der Waals surface area contributed by atoms with Gasteiger partial charge in [-0.05, 0) is 44.9 Å². The van der Waals surface area contributed by atoms with Crippen molar-refractivity contribution in [3.63, 3.8) is 0 Å². The second kappa shape index (κ2) is 9.23. The average Bonchev–Trinajstić information content (AvgIpc) is 2.63. The summed E-state index contributed by atoms with van der Waals surface area (Å²) in [4.78, 5) is 25.7. The minimum Gasteiger partial charge on any atom is -0.466 e. The van der Waals surface area contributed by atoms with Crippen LogP contribution in [0.2, 0.25) is 10.0 Å². The van der Waals surface area contributed by atoms with Crippen molar-refractivity contribution in [2.75, 3.05) is 19.7 Å². The number of rotatable bonds is 6. The van der Waals surface area contributed by atoms with Crippen LogP contribution in [0.15, 0.2) is 23.1 Å². The molecule has 0 radical (unpaired) electrons. The zero-order valence-electron chi connectivity index (χ0n) is 15.1. The van der Waals surface area contributed by atoms with Crippen molar-refractivity contribution >= 4 is 45.1 Å². The van der Waals surface area contributed by atoms with Gasteiger partial charge < -0.3 is 9.64 Å². The number of nitrogens with zero attached hydrogens (tertiary/aromatic N) is 1. The molecule has 1 aromatic rings. The fraction of sp³-hybridized carbons (Fsp3) is 0.529. The third kappa shape index (κ3) is 5.57. The Labute approximate surface area is 169 Å². The Morgan fingerprint density at radius 1 is 1.30 bits per heavy atom. The molecular formula is C17H22Cl2N2O5S. The minimum absolute atomic E-state index is 0.0156. The number of hydrogen-bond acceptors (Lipinski definition) is 5. The van der Waals surface area contributed by atoms with E-state index >= 15 is 0 Å². The maximum absolute atomic E-state index is 12.6. The first kappa shape index (κ1) is 21.9. The Hall–Kier alpha value is -1.35. The van der Waals surface area contributed by atoms with Gasteiger partial charge in [-0.3, -0.25) is 9.59 Å². The summed E-state index contributed by atoms with van der Waals surface area (Å²) < 4.78 is 32.4. The number of piperidine rings is 1. The molecule has 7 nitrogen and oxygen atoms in total. The predicted octanol–water partition coefficient (Wildman–Crippen LogP) is 2.46. The van der Waals surface area contributed by atoms with Crippen LogP contribution in [0, 0.1) is 5.92 Å². The van der Waals surface area contributed by atoms with Crippen LogP contribution in [-0.4, -0.2) is 50.9 Å². The van der Waals surface area contributed by atoms with E-state index in [1.54, 1.807) is 11.8 Å². The van der Waals surface area contributed by atoms with Crippen molar-refractivity contribution in [1.82, 2.24) is 9.62 Å². The molecular weight excluding hydrogens is 415 g/mol. The molecule has 0 aromatic heterocycles. The number of carbonyl (C=O) groups excluding carboxylic acids is 2. The van der Waals surface area contributed by atoms with Crippen molar-refractivity contribution in [2.24, 2.45) is 5.92 Å². The summed E-state index contributed by atoms with van der Waals surface area (Å²) >= 11 is 11.8. The molecule has 1 heterocycles. The molecule has 0 bridgehead atoms. The maximum atomic E-state index is 12.6. The van der Waals surface area contributed by atoms with Gasteiger partial charge in [-0.25, -0.2) is 8.42 Å². The first-order chi connectivity index (χ1) is 12.7. The Bertz CT molecular complexity index is 808. The van der Waals surface area contributed by atoms with Gasteiger partial charge in [0.05, 0.1) is 23.6 Å². The van der Waals surface area contributed by atoms with E-state index < -0.39 is 16.1 Å². The highest BCUT2D eigenvalue weighted by Crippen LogP contribution is 2.25. The summed E-state index contributed by atoms with van der Waals surface area (Å²) in [5, 5.41) is 0.238. The molecule has 10 heteroatoms. The molecule has 0 unspecified atom stereocenters. The summed E-state index contributed by atoms with van der Waals surface area (Å²) in [5.41, 5.74) is 0. The summed E-state index contributed by atoms with van der Waals surface area (Å²) in [6.45, 7) is 4.27. The van der Waals surface area contributed by atoms with Gasteiger partial charge in [-0.1, -0.05) is 23.2 Å². The number of nitrogens with one attached hydrogen (secondary N) is 1. The largest absolute Gasteiger partial charge is 0.466 e. The maximum Gasteiger partial charge on any atom is 0.309 e. The zero-order chi connectivity index (χ0) is 20.2. The van der Waals surface area contributed by atoms with Crippen LogP contribution in [0.4, 0.5) is 0 Å². The molecule has 1 N–H and O–H groups in total. The monoisotopic (exact) mass is 436 g/mol. The van der Waals surface area contributed by atoms with E-state index in [1.165, 1.54) is 25.1 Å². The number of carbonyl (C=O) groups is 2. The summed E-state index contributed by atoms with van der Waals surface area (Å²) in [6.07, 6.45) is 0.980. The van der Waals surface area contributed by atoms with Gasteiger partial charge in [0.1, 0.15) is 4.90 Å². The lowest BCUT2D eigenvalue weighted by atomic mass is 9.96. The normalized spacial score (nSPS) is 16.8. The van der Waals surface area contributed by atoms with Crippen molar-refractivity contribution in [3.8, 4) is 0 Å². The SMILES string of the molecule is CCOC(=O)C1CCN(C(=O)[C@@H](C)NS(=O)(=O)c2cc(Cl)ccc2Cl)CC1. The van der Waals surface area contributed by atoms with Crippen LogP contribution in [0.1, 0.15) is 26.7 Å². The number of hydrogen-bond donors (Lipinski definition) is 1. The number of likely N-dealkylation sites (tertiary alicyclic amines) is 1. The molecule has 1 saturated heterocycles. The molecule has 1 aliphatic heterocycles. The first-order valence-electron chi connectivity index (χ1n) is 8.58. The lowest BCUT2D eigenvalue weighted by molar-refractivity contribution is -0.151. The van der Waals surface area contributed by atoms with Crippen LogP contribution < -0.4 is 4.72 Å². The topological polar surface area (TPSA) is 92.8 Å². The highest BCUT2D eigenvalue weighted by atomic mass is 35.5. The van der Waals surface area contributed by atoms with Gasteiger partial charge >= 0.3 is 5.97 Å². The third-order valence-electron chi connectivity index (χ3n) is 4.31. The number of esters is 1. The predicted molar refractivity (Wildman–Crippen MR) is 102 cm³/mol. The number of sulfonamides is 1. The van der Waals surface area contributed by atoms with Crippen molar-refractivity contribution in [2.45, 2.75) is 37.6 Å². The Kier molecular flexibility index (Phi) is 7.50. The minimum atomic E-state index is -4.02. The van der Waals surface area contributed by atoms with Crippen LogP contribution >= 0.6 is 23.2 Å². The van der Waals surface area contributed by atoms with Gasteiger partial charge in [0.15, 0.2) is 0 Å². The van der Waals surface area contributed by atoms with Gasteiger partial charge in [0, 0.05) is 18.1 Å². The van der Waals surface area contributed by atoms with Crippen LogP contribution in [-0.2, 0) is 24.3 Å². The Morgan fingerprint density at radius 3 is 2.52 bits per heavy atom. The van der Waals surface area contributed by atoms with E-state index in [0.29, 0.717) is 32.5 Å². The van der Waals surface area contributed by atoms with E-state index in [-0.39, 0.29) is 32.7 Å². The van der Waals surface area contributed by atoms with Gasteiger partial charge in [0.25, 0.3) is 0 Å². The van der Waals surface area contributed by atoms with E-state index in [0.717, 1.165) is 0 Å². The van der Waals surface area contributed by atoms with Crippen LogP contribution in [0.25, 0.3) is 0 Å². The molecule has 1 amide bonds. The van der Waals surface area contributed by atoms with E-state index in [4.69, 9.17) is 27.9 Å². The quantitative estimate of drug-likeness (QED) is 0.691. The van der Waals surface area contributed by atoms with E-state index in [9.17, 15) is 18.0 Å². The zero-order valence-corrected chi connectivity index (χ0v) is 17.4. The third-order valence-corrected chi connectivity index (χ3v) is 6.57. The highest BCUT2D eigenvalue weighted by Gasteiger charge is 2.32. The second-order valence-electron chi connectivity index (χ2n) is 6.27. The molecule has 0 saturated carbocycles. The molecule has 0 aliphatic carbocycles. The number of amides is 1. The number of ether oxygens (including phenoxy) is 1. The Morgan fingerprint density at radius 2 is 1.93 bits per heavy atom. The smallest absolute Gasteiger partial charge is 0.309 e. The molecule has 1 aromatic carbocycles. The fourth-order valence-electron chi connectivity index (χ4n) is 2.90. The molecule has 27 heavy (non-hydrogen) atoms. The summed E-state index contributed by atoms with van der Waals surface area (Å²) in [6, 6.07) is 3.11. The Balaban J connectivity index is 2.00. The molecule has 0 spiro atoms. The average molecular weight is 437 g/mol. The summed E-state index contributed by atoms with van der Waals surface area (Å²) in [5.74, 6) is -0.848.